The molecule has 2 aromatic rings. The first-order chi connectivity index (χ1) is 9.79. The molecule has 8 heteroatoms. The van der Waals surface area contributed by atoms with Crippen LogP contribution in [0, 0.1) is 5.41 Å². The lowest BCUT2D eigenvalue weighted by atomic mass is 10.2. The molecule has 0 aliphatic heterocycles. The molecule has 0 aliphatic rings. The van der Waals surface area contributed by atoms with Gasteiger partial charge in [-0.05, 0) is 30.3 Å². The van der Waals surface area contributed by atoms with Gasteiger partial charge in [-0.25, -0.2) is 4.98 Å². The maximum Gasteiger partial charge on any atom is 0.416 e. The number of nitrogens with zero attached hydrogens (tertiary/aromatic N) is 1. The van der Waals surface area contributed by atoms with E-state index in [0.717, 1.165) is 24.3 Å². The molecular weight excluding hydrogens is 307 g/mol. The van der Waals surface area contributed by atoms with E-state index in [1.165, 1.54) is 12.3 Å². The fraction of sp³-hybridized carbons (Fsp3) is 0.0769. The summed E-state index contributed by atoms with van der Waals surface area (Å²) in [5.74, 6) is -0.165. The van der Waals surface area contributed by atoms with Crippen molar-refractivity contribution in [2.75, 3.05) is 0 Å². The maximum absolute atomic E-state index is 12.4. The fourth-order valence-corrected chi connectivity index (χ4v) is 1.78. The summed E-state index contributed by atoms with van der Waals surface area (Å²) in [6, 6.07) is 5.52. The SMILES string of the molecule is N=C(N)c1ccnc(Oc2ccc(C(F)(F)F)cc2)c1Cl. The molecule has 0 spiro atoms. The van der Waals surface area contributed by atoms with Gasteiger partial charge < -0.3 is 10.5 Å². The number of nitrogens with one attached hydrogen (secondary N) is 1. The van der Waals surface area contributed by atoms with Crippen molar-refractivity contribution in [2.45, 2.75) is 6.18 Å². The number of aromatic nitrogens is 1. The molecule has 21 heavy (non-hydrogen) atoms. The summed E-state index contributed by atoms with van der Waals surface area (Å²) in [7, 11) is 0. The third kappa shape index (κ3) is 3.43. The summed E-state index contributed by atoms with van der Waals surface area (Å²) in [5, 5.41) is 7.35. The van der Waals surface area contributed by atoms with Crippen LogP contribution >= 0.6 is 11.6 Å². The smallest absolute Gasteiger partial charge is 0.416 e. The Labute approximate surface area is 122 Å². The predicted octanol–water partition coefficient (Wildman–Crippen LogP) is 3.83. The van der Waals surface area contributed by atoms with E-state index in [0.29, 0.717) is 0 Å². The molecule has 1 heterocycles. The summed E-state index contributed by atoms with van der Waals surface area (Å²) < 4.78 is 42.6. The highest BCUT2D eigenvalue weighted by atomic mass is 35.5. The Balaban J connectivity index is 2.27. The molecule has 0 saturated heterocycles. The quantitative estimate of drug-likeness (QED) is 0.668. The number of ether oxygens (including phenoxy) is 1. The van der Waals surface area contributed by atoms with Gasteiger partial charge in [-0.15, -0.1) is 0 Å². The summed E-state index contributed by atoms with van der Waals surface area (Å²) in [5.41, 5.74) is 4.78. The van der Waals surface area contributed by atoms with E-state index in [1.54, 1.807) is 0 Å². The molecule has 2 rings (SSSR count). The molecule has 0 unspecified atom stereocenters. The first-order valence-electron chi connectivity index (χ1n) is 5.63. The van der Waals surface area contributed by atoms with E-state index in [9.17, 15) is 13.2 Å². The lowest BCUT2D eigenvalue weighted by Gasteiger charge is -2.10. The third-order valence-electron chi connectivity index (χ3n) is 2.54. The van der Waals surface area contributed by atoms with Crippen molar-refractivity contribution in [1.82, 2.24) is 4.98 Å². The second-order valence-corrected chi connectivity index (χ2v) is 4.39. The van der Waals surface area contributed by atoms with Crippen molar-refractivity contribution in [1.29, 1.82) is 5.41 Å². The Morgan fingerprint density at radius 2 is 1.81 bits per heavy atom. The lowest BCUT2D eigenvalue weighted by molar-refractivity contribution is -0.137. The first-order valence-corrected chi connectivity index (χ1v) is 6.01. The van der Waals surface area contributed by atoms with Gasteiger partial charge in [0.05, 0.1) is 5.56 Å². The molecule has 110 valence electrons. The van der Waals surface area contributed by atoms with Gasteiger partial charge in [0.25, 0.3) is 0 Å². The maximum atomic E-state index is 12.4. The molecule has 1 aromatic carbocycles. The number of pyridine rings is 1. The number of hydrogen-bond donors (Lipinski definition) is 2. The van der Waals surface area contributed by atoms with E-state index < -0.39 is 11.7 Å². The highest BCUT2D eigenvalue weighted by Gasteiger charge is 2.30. The summed E-state index contributed by atoms with van der Waals surface area (Å²) in [6.45, 7) is 0. The molecular formula is C13H9ClF3N3O. The van der Waals surface area contributed by atoms with Crippen LogP contribution in [0.4, 0.5) is 13.2 Å². The van der Waals surface area contributed by atoms with Crippen molar-refractivity contribution in [2.24, 2.45) is 5.73 Å². The Hall–Kier alpha value is -2.28. The van der Waals surface area contributed by atoms with Gasteiger partial charge in [0, 0.05) is 11.8 Å². The Kier molecular flexibility index (Phi) is 4.04. The van der Waals surface area contributed by atoms with E-state index in [2.05, 4.69) is 4.98 Å². The zero-order chi connectivity index (χ0) is 15.6. The second-order valence-electron chi connectivity index (χ2n) is 4.02. The van der Waals surface area contributed by atoms with Crippen molar-refractivity contribution in [3.8, 4) is 11.6 Å². The number of hydrogen-bond acceptors (Lipinski definition) is 3. The number of amidine groups is 1. The van der Waals surface area contributed by atoms with Gasteiger partial charge in [0.2, 0.25) is 5.88 Å². The predicted molar refractivity (Wildman–Crippen MR) is 71.8 cm³/mol. The van der Waals surface area contributed by atoms with Crippen LogP contribution < -0.4 is 10.5 Å². The van der Waals surface area contributed by atoms with E-state index in [4.69, 9.17) is 27.5 Å². The Morgan fingerprint density at radius 3 is 2.33 bits per heavy atom. The minimum atomic E-state index is -4.41. The zero-order valence-corrected chi connectivity index (χ0v) is 11.2. The molecule has 0 saturated carbocycles. The number of alkyl halides is 3. The highest BCUT2D eigenvalue weighted by Crippen LogP contribution is 2.33. The average Bonchev–Trinajstić information content (AvgIpc) is 2.40. The summed E-state index contributed by atoms with van der Waals surface area (Å²) >= 11 is 5.97. The third-order valence-corrected chi connectivity index (χ3v) is 2.91. The Bertz CT molecular complexity index is 671. The molecule has 0 amide bonds. The molecule has 3 N–H and O–H groups in total. The molecule has 0 atom stereocenters. The van der Waals surface area contributed by atoms with Gasteiger partial charge >= 0.3 is 6.18 Å². The molecule has 0 bridgehead atoms. The number of rotatable bonds is 3. The standard InChI is InChI=1S/C13H9ClF3N3O/c14-10-9(11(18)19)5-6-20-12(10)21-8-3-1-7(2-4-8)13(15,16)17/h1-6H,(H3,18,19). The minimum Gasteiger partial charge on any atom is -0.438 e. The lowest BCUT2D eigenvalue weighted by Crippen LogP contribution is -2.12. The van der Waals surface area contributed by atoms with Crippen molar-refractivity contribution in [3.05, 3.63) is 52.7 Å². The normalized spacial score (nSPS) is 11.2. The van der Waals surface area contributed by atoms with Crippen LogP contribution in [0.1, 0.15) is 11.1 Å². The number of benzene rings is 1. The summed E-state index contributed by atoms with van der Waals surface area (Å²) in [4.78, 5) is 3.86. The van der Waals surface area contributed by atoms with Gasteiger partial charge in [-0.2, -0.15) is 13.2 Å². The molecule has 0 aliphatic carbocycles. The van der Waals surface area contributed by atoms with Gasteiger partial charge in [-0.1, -0.05) is 11.6 Å². The van der Waals surface area contributed by atoms with Crippen LogP contribution in [0.2, 0.25) is 5.02 Å². The molecule has 0 fully saturated rings. The van der Waals surface area contributed by atoms with Crippen molar-refractivity contribution < 1.29 is 17.9 Å². The van der Waals surface area contributed by atoms with Crippen LogP contribution in [0.15, 0.2) is 36.5 Å². The van der Waals surface area contributed by atoms with E-state index in [-0.39, 0.29) is 28.1 Å². The molecule has 4 nitrogen and oxygen atoms in total. The first kappa shape index (κ1) is 15.1. The van der Waals surface area contributed by atoms with Crippen molar-refractivity contribution >= 4 is 17.4 Å². The molecule has 0 radical (unpaired) electrons. The van der Waals surface area contributed by atoms with Crippen molar-refractivity contribution in [3.63, 3.8) is 0 Å². The van der Waals surface area contributed by atoms with Crippen LogP contribution in [-0.4, -0.2) is 10.8 Å². The minimum absolute atomic E-state index is 0.0184. The van der Waals surface area contributed by atoms with Crippen LogP contribution in [0.5, 0.6) is 11.6 Å². The average molecular weight is 316 g/mol. The second kappa shape index (κ2) is 5.61. The monoisotopic (exact) mass is 315 g/mol. The largest absolute Gasteiger partial charge is 0.438 e. The fourth-order valence-electron chi connectivity index (χ4n) is 1.53. The summed E-state index contributed by atoms with van der Waals surface area (Å²) in [6.07, 6.45) is -3.08. The van der Waals surface area contributed by atoms with Crippen LogP contribution in [-0.2, 0) is 6.18 Å². The topological polar surface area (TPSA) is 72.0 Å². The Morgan fingerprint density at radius 1 is 1.19 bits per heavy atom. The number of halogens is 4. The highest BCUT2D eigenvalue weighted by molar-refractivity contribution is 6.35. The van der Waals surface area contributed by atoms with Gasteiger partial charge in [-0.3, -0.25) is 5.41 Å². The number of nitrogen functional groups attached to an aromatic ring is 1. The van der Waals surface area contributed by atoms with Crippen LogP contribution in [0.25, 0.3) is 0 Å². The number of nitrogens with two attached hydrogens (primary N) is 1. The van der Waals surface area contributed by atoms with Gasteiger partial charge in [0.1, 0.15) is 16.6 Å². The van der Waals surface area contributed by atoms with Crippen LogP contribution in [0.3, 0.4) is 0 Å². The van der Waals surface area contributed by atoms with E-state index >= 15 is 0 Å². The molecule has 1 aromatic heterocycles. The van der Waals surface area contributed by atoms with E-state index in [1.807, 2.05) is 0 Å². The zero-order valence-electron chi connectivity index (χ0n) is 10.4. The van der Waals surface area contributed by atoms with Gasteiger partial charge in [0.15, 0.2) is 0 Å².